The molecule has 2 aromatic carbocycles. The second-order valence-corrected chi connectivity index (χ2v) is 6.30. The third-order valence-electron chi connectivity index (χ3n) is 3.42. The van der Waals surface area contributed by atoms with Gasteiger partial charge in [0.25, 0.3) is 0 Å². The summed E-state index contributed by atoms with van der Waals surface area (Å²) in [4.78, 5) is 13.2. The molecule has 21 heavy (non-hydrogen) atoms. The fourth-order valence-electron chi connectivity index (χ4n) is 2.22. The van der Waals surface area contributed by atoms with Crippen molar-refractivity contribution in [2.45, 2.75) is 31.7 Å². The zero-order valence-electron chi connectivity index (χ0n) is 12.7. The lowest BCUT2D eigenvalue weighted by Crippen LogP contribution is -2.28. The van der Waals surface area contributed by atoms with Crippen LogP contribution in [0, 0.1) is 13.8 Å². The average molecular weight is 299 g/mol. The van der Waals surface area contributed by atoms with Gasteiger partial charge in [-0.15, -0.1) is 11.8 Å². The molecular formula is C18H21NOS. The molecule has 1 amide bonds. The minimum Gasteiger partial charge on any atom is -0.349 e. The average Bonchev–Trinajstić information content (AvgIpc) is 2.47. The molecule has 0 aromatic heterocycles. The van der Waals surface area contributed by atoms with Crippen LogP contribution in [0.15, 0.2) is 53.4 Å². The topological polar surface area (TPSA) is 29.1 Å². The number of carbonyl (C=O) groups excluding carboxylic acids is 1. The van der Waals surface area contributed by atoms with Gasteiger partial charge < -0.3 is 5.32 Å². The molecule has 1 atom stereocenters. The van der Waals surface area contributed by atoms with Gasteiger partial charge in [-0.2, -0.15) is 0 Å². The van der Waals surface area contributed by atoms with Gasteiger partial charge in [-0.25, -0.2) is 0 Å². The van der Waals surface area contributed by atoms with E-state index in [0.717, 1.165) is 4.90 Å². The Kier molecular flexibility index (Phi) is 5.45. The van der Waals surface area contributed by atoms with E-state index < -0.39 is 0 Å². The van der Waals surface area contributed by atoms with Crippen molar-refractivity contribution in [2.75, 3.05) is 5.75 Å². The molecule has 0 heterocycles. The molecule has 2 aromatic rings. The highest BCUT2D eigenvalue weighted by Crippen LogP contribution is 2.20. The molecule has 2 nitrogen and oxygen atoms in total. The molecule has 110 valence electrons. The van der Waals surface area contributed by atoms with Crippen LogP contribution in [0.5, 0.6) is 0 Å². The van der Waals surface area contributed by atoms with Crippen molar-refractivity contribution >= 4 is 17.7 Å². The minimum atomic E-state index is 0.0392. The Hall–Kier alpha value is -1.74. The van der Waals surface area contributed by atoms with Gasteiger partial charge in [-0.3, -0.25) is 4.79 Å². The SMILES string of the molecule is Cc1ccc(SCC(=O)NC(C)c2ccccc2C)cc1. The van der Waals surface area contributed by atoms with E-state index in [4.69, 9.17) is 0 Å². The Morgan fingerprint density at radius 2 is 1.76 bits per heavy atom. The third-order valence-corrected chi connectivity index (χ3v) is 4.44. The fourth-order valence-corrected chi connectivity index (χ4v) is 2.93. The van der Waals surface area contributed by atoms with Gasteiger partial charge in [-0.1, -0.05) is 42.0 Å². The van der Waals surface area contributed by atoms with Gasteiger partial charge >= 0.3 is 0 Å². The van der Waals surface area contributed by atoms with Gasteiger partial charge in [0.2, 0.25) is 5.91 Å². The smallest absolute Gasteiger partial charge is 0.230 e. The largest absolute Gasteiger partial charge is 0.349 e. The van der Waals surface area contributed by atoms with Crippen molar-refractivity contribution in [3.8, 4) is 0 Å². The second kappa shape index (κ2) is 7.32. The van der Waals surface area contributed by atoms with E-state index >= 15 is 0 Å². The maximum atomic E-state index is 12.0. The Morgan fingerprint density at radius 3 is 2.43 bits per heavy atom. The molecule has 0 spiro atoms. The monoisotopic (exact) mass is 299 g/mol. The quantitative estimate of drug-likeness (QED) is 0.835. The van der Waals surface area contributed by atoms with E-state index in [2.05, 4.69) is 55.6 Å². The summed E-state index contributed by atoms with van der Waals surface area (Å²) < 4.78 is 0. The van der Waals surface area contributed by atoms with Gasteiger partial charge in [0, 0.05) is 4.90 Å². The van der Waals surface area contributed by atoms with E-state index in [9.17, 15) is 4.79 Å². The van der Waals surface area contributed by atoms with Gasteiger partial charge in [-0.05, 0) is 44.0 Å². The molecule has 0 saturated heterocycles. The lowest BCUT2D eigenvalue weighted by molar-refractivity contribution is -0.119. The number of aryl methyl sites for hydroxylation is 2. The standard InChI is InChI=1S/C18H21NOS/c1-13-8-10-16(11-9-13)21-12-18(20)19-15(3)17-7-5-4-6-14(17)2/h4-11,15H,12H2,1-3H3,(H,19,20). The molecule has 0 radical (unpaired) electrons. The molecule has 3 heteroatoms. The van der Waals surface area contributed by atoms with E-state index in [1.54, 1.807) is 11.8 Å². The normalized spacial score (nSPS) is 12.0. The van der Waals surface area contributed by atoms with Gasteiger partial charge in [0.15, 0.2) is 0 Å². The summed E-state index contributed by atoms with van der Waals surface area (Å²) in [6.07, 6.45) is 0. The van der Waals surface area contributed by atoms with E-state index in [0.29, 0.717) is 5.75 Å². The Bertz CT molecular complexity index is 607. The Balaban J connectivity index is 1.87. The predicted octanol–water partition coefficient (Wildman–Crippen LogP) is 4.27. The van der Waals surface area contributed by atoms with Crippen LogP contribution in [0.25, 0.3) is 0 Å². The molecular weight excluding hydrogens is 278 g/mol. The van der Waals surface area contributed by atoms with E-state index in [1.807, 2.05) is 19.1 Å². The zero-order chi connectivity index (χ0) is 15.2. The van der Waals surface area contributed by atoms with Crippen LogP contribution in [-0.4, -0.2) is 11.7 Å². The highest BCUT2D eigenvalue weighted by molar-refractivity contribution is 8.00. The van der Waals surface area contributed by atoms with Crippen molar-refractivity contribution in [2.24, 2.45) is 0 Å². The first-order valence-corrected chi connectivity index (χ1v) is 8.09. The highest BCUT2D eigenvalue weighted by Gasteiger charge is 2.11. The lowest BCUT2D eigenvalue weighted by atomic mass is 10.0. The molecule has 0 bridgehead atoms. The molecule has 0 fully saturated rings. The third kappa shape index (κ3) is 4.64. The summed E-state index contributed by atoms with van der Waals surface area (Å²) in [6.45, 7) is 6.15. The summed E-state index contributed by atoms with van der Waals surface area (Å²) in [5.41, 5.74) is 3.61. The molecule has 0 aliphatic carbocycles. The van der Waals surface area contributed by atoms with Crippen LogP contribution in [0.1, 0.15) is 29.7 Å². The molecule has 1 unspecified atom stereocenters. The number of benzene rings is 2. The van der Waals surface area contributed by atoms with Crippen molar-refractivity contribution in [1.82, 2.24) is 5.32 Å². The summed E-state index contributed by atoms with van der Waals surface area (Å²) >= 11 is 1.57. The van der Waals surface area contributed by atoms with Crippen LogP contribution in [0.3, 0.4) is 0 Å². The zero-order valence-corrected chi connectivity index (χ0v) is 13.5. The molecule has 0 aliphatic heterocycles. The summed E-state index contributed by atoms with van der Waals surface area (Å²) in [7, 11) is 0. The molecule has 2 rings (SSSR count). The Morgan fingerprint density at radius 1 is 1.10 bits per heavy atom. The highest BCUT2D eigenvalue weighted by atomic mass is 32.2. The van der Waals surface area contributed by atoms with E-state index in [1.165, 1.54) is 16.7 Å². The number of carbonyl (C=O) groups is 1. The number of nitrogens with one attached hydrogen (secondary N) is 1. The van der Waals surface area contributed by atoms with Crippen LogP contribution in [0.4, 0.5) is 0 Å². The molecule has 1 N–H and O–H groups in total. The maximum absolute atomic E-state index is 12.0. The summed E-state index contributed by atoms with van der Waals surface area (Å²) in [5.74, 6) is 0.510. The summed E-state index contributed by atoms with van der Waals surface area (Å²) in [5, 5.41) is 3.06. The number of thioether (sulfide) groups is 1. The maximum Gasteiger partial charge on any atom is 0.230 e. The number of amides is 1. The number of rotatable bonds is 5. The van der Waals surface area contributed by atoms with E-state index in [-0.39, 0.29) is 11.9 Å². The van der Waals surface area contributed by atoms with Crippen LogP contribution >= 0.6 is 11.8 Å². The van der Waals surface area contributed by atoms with Gasteiger partial charge in [0.1, 0.15) is 0 Å². The van der Waals surface area contributed by atoms with Crippen molar-refractivity contribution in [1.29, 1.82) is 0 Å². The van der Waals surface area contributed by atoms with Crippen molar-refractivity contribution in [3.05, 3.63) is 65.2 Å². The summed E-state index contributed by atoms with van der Waals surface area (Å²) in [6, 6.07) is 16.4. The second-order valence-electron chi connectivity index (χ2n) is 5.25. The first kappa shape index (κ1) is 15.6. The van der Waals surface area contributed by atoms with Crippen molar-refractivity contribution in [3.63, 3.8) is 0 Å². The molecule has 0 saturated carbocycles. The fraction of sp³-hybridized carbons (Fsp3) is 0.278. The van der Waals surface area contributed by atoms with Crippen LogP contribution < -0.4 is 5.32 Å². The lowest BCUT2D eigenvalue weighted by Gasteiger charge is -2.16. The van der Waals surface area contributed by atoms with Crippen molar-refractivity contribution < 1.29 is 4.79 Å². The first-order chi connectivity index (χ1) is 10.1. The number of hydrogen-bond acceptors (Lipinski definition) is 2. The Labute approximate surface area is 131 Å². The predicted molar refractivity (Wildman–Crippen MR) is 89.6 cm³/mol. The minimum absolute atomic E-state index is 0.0392. The van der Waals surface area contributed by atoms with Crippen LogP contribution in [-0.2, 0) is 4.79 Å². The number of hydrogen-bond donors (Lipinski definition) is 1. The van der Waals surface area contributed by atoms with Crippen LogP contribution in [0.2, 0.25) is 0 Å². The first-order valence-electron chi connectivity index (χ1n) is 7.10. The van der Waals surface area contributed by atoms with Gasteiger partial charge in [0.05, 0.1) is 11.8 Å². The molecule has 0 aliphatic rings.